The van der Waals surface area contributed by atoms with Crippen molar-refractivity contribution in [2.24, 2.45) is 4.99 Å². The topological polar surface area (TPSA) is 29.4 Å². The predicted octanol–water partition coefficient (Wildman–Crippen LogP) is 3.42. The number of aryl methyl sites for hydroxylation is 1. The Labute approximate surface area is 96.2 Å². The van der Waals surface area contributed by atoms with Gasteiger partial charge in [-0.05, 0) is 42.5 Å². The van der Waals surface area contributed by atoms with E-state index in [1.807, 2.05) is 0 Å². The Morgan fingerprint density at radius 1 is 1.35 bits per heavy atom. The zero-order valence-corrected chi connectivity index (χ0v) is 8.92. The Morgan fingerprint density at radius 2 is 2.12 bits per heavy atom. The molecule has 1 aromatic rings. The first-order valence-electron chi connectivity index (χ1n) is 5.29. The highest BCUT2D eigenvalue weighted by atomic mass is 19.4. The van der Waals surface area contributed by atoms with Crippen molar-refractivity contribution in [3.63, 3.8) is 0 Å². The molecule has 0 aliphatic heterocycles. The maximum atomic E-state index is 12.5. The van der Waals surface area contributed by atoms with E-state index < -0.39 is 11.7 Å². The number of benzene rings is 1. The highest BCUT2D eigenvalue weighted by Crippen LogP contribution is 2.36. The van der Waals surface area contributed by atoms with Crippen LogP contribution >= 0.6 is 0 Å². The van der Waals surface area contributed by atoms with Gasteiger partial charge in [0.2, 0.25) is 6.08 Å². The smallest absolute Gasteiger partial charge is 0.211 e. The summed E-state index contributed by atoms with van der Waals surface area (Å²) in [5.41, 5.74) is 0.703. The summed E-state index contributed by atoms with van der Waals surface area (Å²) in [6, 6.07) is 3.28. The van der Waals surface area contributed by atoms with E-state index in [0.717, 1.165) is 18.6 Å². The van der Waals surface area contributed by atoms with Crippen molar-refractivity contribution >= 4 is 6.08 Å². The minimum absolute atomic E-state index is 0.335. The van der Waals surface area contributed by atoms with Gasteiger partial charge in [-0.1, -0.05) is 6.07 Å². The number of aliphatic imine (C=N–C) groups is 1. The monoisotopic (exact) mass is 241 g/mol. The van der Waals surface area contributed by atoms with E-state index in [0.29, 0.717) is 24.0 Å². The van der Waals surface area contributed by atoms with Crippen LogP contribution in [0, 0.1) is 0 Å². The fourth-order valence-corrected chi connectivity index (χ4v) is 2.16. The number of carbonyl (C=O) groups excluding carboxylic acids is 1. The Balaban J connectivity index is 2.43. The number of rotatable bonds is 1. The molecule has 1 unspecified atom stereocenters. The molecule has 0 saturated carbocycles. The molecule has 5 heteroatoms. The highest BCUT2D eigenvalue weighted by molar-refractivity contribution is 5.41. The van der Waals surface area contributed by atoms with E-state index in [4.69, 9.17) is 0 Å². The molecule has 0 spiro atoms. The number of fused-ring (bicyclic) bond motifs is 1. The van der Waals surface area contributed by atoms with Gasteiger partial charge in [0.15, 0.2) is 0 Å². The molecule has 1 aliphatic rings. The summed E-state index contributed by atoms with van der Waals surface area (Å²) in [4.78, 5) is 13.9. The minimum atomic E-state index is -4.32. The van der Waals surface area contributed by atoms with Crippen molar-refractivity contribution in [1.82, 2.24) is 0 Å². The van der Waals surface area contributed by atoms with Crippen LogP contribution in [0.15, 0.2) is 23.2 Å². The van der Waals surface area contributed by atoms with Crippen LogP contribution in [-0.2, 0) is 17.4 Å². The van der Waals surface area contributed by atoms with Gasteiger partial charge in [0.05, 0.1) is 11.6 Å². The zero-order valence-electron chi connectivity index (χ0n) is 8.92. The fraction of sp³-hybridized carbons (Fsp3) is 0.417. The first-order valence-corrected chi connectivity index (χ1v) is 5.29. The predicted molar refractivity (Wildman–Crippen MR) is 55.2 cm³/mol. The molecular formula is C12H10F3NO. The Bertz CT molecular complexity index is 475. The van der Waals surface area contributed by atoms with Gasteiger partial charge in [-0.25, -0.2) is 4.79 Å². The van der Waals surface area contributed by atoms with Crippen LogP contribution in [0.25, 0.3) is 0 Å². The van der Waals surface area contributed by atoms with Crippen LogP contribution in [0.2, 0.25) is 0 Å². The molecule has 0 N–H and O–H groups in total. The second-order valence-electron chi connectivity index (χ2n) is 4.04. The molecular weight excluding hydrogens is 231 g/mol. The summed E-state index contributed by atoms with van der Waals surface area (Å²) in [5.74, 6) is 0. The lowest BCUT2D eigenvalue weighted by molar-refractivity contribution is -0.137. The maximum Gasteiger partial charge on any atom is 0.416 e. The highest BCUT2D eigenvalue weighted by Gasteiger charge is 2.32. The third-order valence-electron chi connectivity index (χ3n) is 2.96. The quantitative estimate of drug-likeness (QED) is 0.547. The summed E-state index contributed by atoms with van der Waals surface area (Å²) in [7, 11) is 0. The molecule has 1 atom stereocenters. The van der Waals surface area contributed by atoms with Crippen molar-refractivity contribution in [2.75, 3.05) is 0 Å². The molecule has 17 heavy (non-hydrogen) atoms. The van der Waals surface area contributed by atoms with Gasteiger partial charge in [0.1, 0.15) is 0 Å². The standard InChI is InChI=1S/C12H10F3NO/c13-12(14,15)9-4-5-10-8(6-9)2-1-3-11(10)16-7-17/h4-6,11H,1-3H2. The Morgan fingerprint density at radius 3 is 2.76 bits per heavy atom. The molecule has 0 saturated heterocycles. The SMILES string of the molecule is O=C=NC1CCCc2cc(C(F)(F)F)ccc21. The van der Waals surface area contributed by atoms with Crippen LogP contribution in [-0.4, -0.2) is 6.08 Å². The largest absolute Gasteiger partial charge is 0.416 e. The van der Waals surface area contributed by atoms with E-state index in [-0.39, 0.29) is 6.04 Å². The Hall–Kier alpha value is -1.61. The lowest BCUT2D eigenvalue weighted by Gasteiger charge is -2.22. The lowest BCUT2D eigenvalue weighted by atomic mass is 9.87. The normalized spacial score (nSPS) is 19.4. The van der Waals surface area contributed by atoms with Gasteiger partial charge in [-0.3, -0.25) is 0 Å². The van der Waals surface area contributed by atoms with Gasteiger partial charge in [-0.15, -0.1) is 0 Å². The van der Waals surface area contributed by atoms with E-state index in [1.165, 1.54) is 12.1 Å². The summed E-state index contributed by atoms with van der Waals surface area (Å²) >= 11 is 0. The number of isocyanates is 1. The van der Waals surface area contributed by atoms with Crippen molar-refractivity contribution in [2.45, 2.75) is 31.5 Å². The first kappa shape index (κ1) is 11.9. The Kier molecular flexibility index (Phi) is 3.03. The molecule has 0 aromatic heterocycles. The maximum absolute atomic E-state index is 12.5. The van der Waals surface area contributed by atoms with Crippen molar-refractivity contribution in [3.05, 3.63) is 34.9 Å². The van der Waals surface area contributed by atoms with E-state index in [2.05, 4.69) is 4.99 Å². The van der Waals surface area contributed by atoms with Gasteiger partial charge in [0, 0.05) is 0 Å². The molecule has 90 valence electrons. The molecule has 0 bridgehead atoms. The van der Waals surface area contributed by atoms with Crippen molar-refractivity contribution < 1.29 is 18.0 Å². The second-order valence-corrected chi connectivity index (χ2v) is 4.04. The molecule has 0 heterocycles. The van der Waals surface area contributed by atoms with Crippen LogP contribution in [0.5, 0.6) is 0 Å². The average molecular weight is 241 g/mol. The minimum Gasteiger partial charge on any atom is -0.211 e. The number of hydrogen-bond donors (Lipinski definition) is 0. The molecule has 2 rings (SSSR count). The van der Waals surface area contributed by atoms with Crippen molar-refractivity contribution in [1.29, 1.82) is 0 Å². The van der Waals surface area contributed by atoms with Gasteiger partial charge in [-0.2, -0.15) is 18.2 Å². The first-order chi connectivity index (χ1) is 8.02. The molecule has 1 aliphatic carbocycles. The van der Waals surface area contributed by atoms with E-state index in [9.17, 15) is 18.0 Å². The van der Waals surface area contributed by atoms with Crippen LogP contribution in [0.1, 0.15) is 35.6 Å². The summed E-state index contributed by atoms with van der Waals surface area (Å²) in [5, 5.41) is 0. The van der Waals surface area contributed by atoms with Gasteiger partial charge < -0.3 is 0 Å². The van der Waals surface area contributed by atoms with Crippen LogP contribution in [0.3, 0.4) is 0 Å². The van der Waals surface area contributed by atoms with E-state index in [1.54, 1.807) is 0 Å². The van der Waals surface area contributed by atoms with E-state index >= 15 is 0 Å². The molecule has 0 fully saturated rings. The second kappa shape index (κ2) is 4.34. The number of hydrogen-bond acceptors (Lipinski definition) is 2. The summed E-state index contributed by atoms with van der Waals surface area (Å²) < 4.78 is 37.6. The van der Waals surface area contributed by atoms with Crippen molar-refractivity contribution in [3.8, 4) is 0 Å². The molecule has 0 radical (unpaired) electrons. The van der Waals surface area contributed by atoms with Gasteiger partial charge in [0.25, 0.3) is 0 Å². The average Bonchev–Trinajstić information content (AvgIpc) is 2.28. The zero-order chi connectivity index (χ0) is 12.5. The molecule has 2 nitrogen and oxygen atoms in total. The molecule has 1 aromatic carbocycles. The summed E-state index contributed by atoms with van der Waals surface area (Å²) in [6.45, 7) is 0. The number of nitrogens with zero attached hydrogens (tertiary/aromatic N) is 1. The molecule has 0 amide bonds. The third kappa shape index (κ3) is 2.39. The van der Waals surface area contributed by atoms with Crippen LogP contribution in [0.4, 0.5) is 13.2 Å². The number of alkyl halides is 3. The summed E-state index contributed by atoms with van der Waals surface area (Å²) in [6.07, 6.45) is -0.818. The lowest BCUT2D eigenvalue weighted by Crippen LogP contribution is -2.11. The van der Waals surface area contributed by atoms with Gasteiger partial charge >= 0.3 is 6.18 Å². The number of halogens is 3. The fourth-order valence-electron chi connectivity index (χ4n) is 2.16. The third-order valence-corrected chi connectivity index (χ3v) is 2.96. The van der Waals surface area contributed by atoms with Crippen LogP contribution < -0.4 is 0 Å².